The predicted octanol–water partition coefficient (Wildman–Crippen LogP) is -2.64. The summed E-state index contributed by atoms with van der Waals surface area (Å²) in [7, 11) is 0. The molecule has 1 heterocycles. The number of rotatable bonds is 14. The average molecular weight is 513 g/mol. The monoisotopic (exact) mass is 513 g/mol. The van der Waals surface area contributed by atoms with Crippen LogP contribution in [0.15, 0.2) is 0 Å². The summed E-state index contributed by atoms with van der Waals surface area (Å²) >= 11 is 0. The summed E-state index contributed by atoms with van der Waals surface area (Å²) in [4.78, 5) is 113. The first kappa shape index (κ1) is 29.7. The Balaban J connectivity index is 2.17. The van der Waals surface area contributed by atoms with Crippen LogP contribution < -0.4 is 16.0 Å². The molecule has 3 N–H and O–H groups in total. The van der Waals surface area contributed by atoms with Crippen LogP contribution >= 0.6 is 0 Å². The molecule has 1 fully saturated rings. The third kappa shape index (κ3) is 11.2. The number of hydroxylamine groups is 4. The molecule has 0 saturated carbocycles. The van der Waals surface area contributed by atoms with Crippen molar-refractivity contribution in [1.29, 1.82) is 0 Å². The van der Waals surface area contributed by atoms with Gasteiger partial charge in [0.2, 0.25) is 17.7 Å². The molecule has 0 aliphatic carbocycles. The Labute approximate surface area is 204 Å². The second-order valence-electron chi connectivity index (χ2n) is 7.27. The molecule has 16 heteroatoms. The van der Waals surface area contributed by atoms with E-state index in [2.05, 4.69) is 25.6 Å². The standard InChI is InChI=1S/C20H27N5O11/c1-2-4-16(30)24(12-26)35-20(34)11-23-15(29)10-22-14(28)9-21-13(27)5-3-6-19(33)36-25-17(31)7-8-18(25)32/h12H,2-11H2,1H3,(H,21,27)(H,22,28)(H,23,29). The number of carbonyl (C=O) groups is 9. The summed E-state index contributed by atoms with van der Waals surface area (Å²) < 4.78 is 0. The number of imide groups is 2. The van der Waals surface area contributed by atoms with Crippen LogP contribution in [0.2, 0.25) is 0 Å². The highest BCUT2D eigenvalue weighted by molar-refractivity contribution is 6.01. The van der Waals surface area contributed by atoms with Crippen LogP contribution in [0.4, 0.5) is 0 Å². The maximum absolute atomic E-state index is 11.7. The fraction of sp³-hybridized carbons (Fsp3) is 0.550. The quantitative estimate of drug-likeness (QED) is 0.124. The van der Waals surface area contributed by atoms with Crippen LogP contribution in [-0.4, -0.2) is 83.6 Å². The molecule has 7 amide bonds. The summed E-state index contributed by atoms with van der Waals surface area (Å²) in [6, 6.07) is 0. The van der Waals surface area contributed by atoms with E-state index in [0.29, 0.717) is 11.5 Å². The van der Waals surface area contributed by atoms with Crippen LogP contribution in [0.1, 0.15) is 51.9 Å². The maximum atomic E-state index is 11.7. The highest BCUT2D eigenvalue weighted by Gasteiger charge is 2.32. The zero-order valence-electron chi connectivity index (χ0n) is 19.5. The Morgan fingerprint density at radius 3 is 1.94 bits per heavy atom. The normalized spacial score (nSPS) is 12.4. The summed E-state index contributed by atoms with van der Waals surface area (Å²) in [6.45, 7) is 0.0161. The van der Waals surface area contributed by atoms with Gasteiger partial charge in [0.1, 0.15) is 6.54 Å². The molecule has 198 valence electrons. The Hall–Kier alpha value is -4.37. The van der Waals surface area contributed by atoms with Crippen LogP contribution in [0.5, 0.6) is 0 Å². The molecule has 0 aromatic heterocycles. The Kier molecular flexibility index (Phi) is 12.8. The highest BCUT2D eigenvalue weighted by atomic mass is 16.7. The predicted molar refractivity (Wildman–Crippen MR) is 114 cm³/mol. The van der Waals surface area contributed by atoms with Crippen LogP contribution in [0.3, 0.4) is 0 Å². The Morgan fingerprint density at radius 2 is 1.39 bits per heavy atom. The Morgan fingerprint density at radius 1 is 0.833 bits per heavy atom. The first-order valence-electron chi connectivity index (χ1n) is 10.9. The largest absolute Gasteiger partial charge is 0.352 e. The molecule has 1 saturated heterocycles. The van der Waals surface area contributed by atoms with Gasteiger partial charge in [0.25, 0.3) is 24.1 Å². The molecule has 36 heavy (non-hydrogen) atoms. The number of nitrogens with one attached hydrogen (secondary N) is 3. The SMILES string of the molecule is CCCC(=O)N(C=O)OC(=O)CNC(=O)CNC(=O)CNC(=O)CCCC(=O)ON1C(=O)CCC1=O. The van der Waals surface area contributed by atoms with Crippen molar-refractivity contribution in [2.75, 3.05) is 19.6 Å². The average Bonchev–Trinajstić information content (AvgIpc) is 3.15. The number of hydrogen-bond acceptors (Lipinski definition) is 11. The molecular weight excluding hydrogens is 486 g/mol. The minimum absolute atomic E-state index is 0.0173. The van der Waals surface area contributed by atoms with E-state index in [1.54, 1.807) is 6.92 Å². The van der Waals surface area contributed by atoms with E-state index < -0.39 is 67.0 Å². The summed E-state index contributed by atoms with van der Waals surface area (Å²) in [6.07, 6.45) is 0.0118. The second kappa shape index (κ2) is 15.5. The number of hydrogen-bond donors (Lipinski definition) is 3. The molecule has 1 aliphatic heterocycles. The molecule has 0 atom stereocenters. The van der Waals surface area contributed by atoms with Gasteiger partial charge in [-0.3, -0.25) is 33.6 Å². The fourth-order valence-corrected chi connectivity index (χ4v) is 2.54. The lowest BCUT2D eigenvalue weighted by atomic mass is 10.2. The van der Waals surface area contributed by atoms with E-state index in [1.165, 1.54) is 0 Å². The molecule has 0 bridgehead atoms. The summed E-state index contributed by atoms with van der Waals surface area (Å²) in [5.41, 5.74) is 0. The van der Waals surface area contributed by atoms with Gasteiger partial charge in [0.05, 0.1) is 13.1 Å². The number of amides is 7. The number of nitrogens with zero attached hydrogens (tertiary/aromatic N) is 2. The van der Waals surface area contributed by atoms with Crippen molar-refractivity contribution in [2.45, 2.75) is 51.9 Å². The lowest BCUT2D eigenvalue weighted by Crippen LogP contribution is -2.44. The molecule has 16 nitrogen and oxygen atoms in total. The van der Waals surface area contributed by atoms with Crippen molar-refractivity contribution in [3.8, 4) is 0 Å². The van der Waals surface area contributed by atoms with Crippen LogP contribution in [0.25, 0.3) is 0 Å². The van der Waals surface area contributed by atoms with E-state index in [4.69, 9.17) is 0 Å². The lowest BCUT2D eigenvalue weighted by molar-refractivity contribution is -0.197. The van der Waals surface area contributed by atoms with Crippen molar-refractivity contribution in [3.05, 3.63) is 0 Å². The molecule has 0 aromatic rings. The first-order chi connectivity index (χ1) is 17.1. The van der Waals surface area contributed by atoms with Gasteiger partial charge in [0.15, 0.2) is 0 Å². The van der Waals surface area contributed by atoms with Crippen molar-refractivity contribution < 1.29 is 52.8 Å². The third-order valence-corrected chi connectivity index (χ3v) is 4.31. The zero-order valence-corrected chi connectivity index (χ0v) is 19.5. The van der Waals surface area contributed by atoms with E-state index in [-0.39, 0.29) is 50.0 Å². The minimum Gasteiger partial charge on any atom is -0.347 e. The van der Waals surface area contributed by atoms with E-state index in [0.717, 1.165) is 0 Å². The van der Waals surface area contributed by atoms with Crippen molar-refractivity contribution >= 4 is 53.8 Å². The van der Waals surface area contributed by atoms with Crippen molar-refractivity contribution in [3.63, 3.8) is 0 Å². The smallest absolute Gasteiger partial charge is 0.347 e. The van der Waals surface area contributed by atoms with E-state index >= 15 is 0 Å². The molecule has 0 radical (unpaired) electrons. The topological polar surface area (TPSA) is 215 Å². The molecule has 1 aliphatic rings. The first-order valence-corrected chi connectivity index (χ1v) is 10.9. The van der Waals surface area contributed by atoms with Crippen LogP contribution in [0, 0.1) is 0 Å². The maximum Gasteiger partial charge on any atom is 0.352 e. The molecular formula is C20H27N5O11. The van der Waals surface area contributed by atoms with Gasteiger partial charge in [-0.05, 0) is 12.8 Å². The summed E-state index contributed by atoms with van der Waals surface area (Å²) in [5.74, 6) is -5.97. The van der Waals surface area contributed by atoms with Gasteiger partial charge in [-0.2, -0.15) is 0 Å². The molecule has 0 unspecified atom stereocenters. The highest BCUT2D eigenvalue weighted by Crippen LogP contribution is 2.13. The fourth-order valence-electron chi connectivity index (χ4n) is 2.54. The summed E-state index contributed by atoms with van der Waals surface area (Å²) in [5, 5.41) is 7.20. The van der Waals surface area contributed by atoms with Gasteiger partial charge in [-0.15, -0.1) is 10.1 Å². The van der Waals surface area contributed by atoms with Gasteiger partial charge >= 0.3 is 11.9 Å². The van der Waals surface area contributed by atoms with Crippen LogP contribution in [-0.2, 0) is 52.8 Å². The number of carbonyl (C=O) groups excluding carboxylic acids is 9. The lowest BCUT2D eigenvalue weighted by Gasteiger charge is -2.14. The van der Waals surface area contributed by atoms with Crippen molar-refractivity contribution in [1.82, 2.24) is 26.1 Å². The molecule has 0 spiro atoms. The van der Waals surface area contributed by atoms with Gasteiger partial charge in [0, 0.05) is 32.1 Å². The van der Waals surface area contributed by atoms with Gasteiger partial charge < -0.3 is 25.6 Å². The minimum atomic E-state index is -1.08. The van der Waals surface area contributed by atoms with Crippen molar-refractivity contribution in [2.24, 2.45) is 0 Å². The third-order valence-electron chi connectivity index (χ3n) is 4.31. The zero-order chi connectivity index (χ0) is 27.1. The van der Waals surface area contributed by atoms with Gasteiger partial charge in [-0.1, -0.05) is 6.92 Å². The Bertz CT molecular complexity index is 888. The molecule has 1 rings (SSSR count). The van der Waals surface area contributed by atoms with Gasteiger partial charge in [-0.25, -0.2) is 9.59 Å². The van der Waals surface area contributed by atoms with E-state index in [1.807, 2.05) is 0 Å². The molecule has 0 aromatic carbocycles. The second-order valence-corrected chi connectivity index (χ2v) is 7.27. The van der Waals surface area contributed by atoms with E-state index in [9.17, 15) is 43.2 Å².